The number of likely N-dealkylation sites (tertiary alicyclic amines) is 1. The molecule has 0 spiro atoms. The fourth-order valence-electron chi connectivity index (χ4n) is 5.28. The van der Waals surface area contributed by atoms with Gasteiger partial charge in [0.2, 0.25) is 5.91 Å². The third-order valence-electron chi connectivity index (χ3n) is 7.08. The summed E-state index contributed by atoms with van der Waals surface area (Å²) in [4.78, 5) is 31.5. The number of nitrogens with zero attached hydrogens (tertiary/aromatic N) is 4. The normalized spacial score (nSPS) is 21.3. The van der Waals surface area contributed by atoms with Gasteiger partial charge in [0.15, 0.2) is 5.78 Å². The molecule has 9 heteroatoms. The molecular weight excluding hydrogens is 454 g/mol. The lowest BCUT2D eigenvalue weighted by Gasteiger charge is -2.31. The highest BCUT2D eigenvalue weighted by Gasteiger charge is 2.62. The first-order valence-electron chi connectivity index (χ1n) is 11.6. The van der Waals surface area contributed by atoms with Crippen molar-refractivity contribution in [2.24, 2.45) is 5.92 Å². The molecule has 180 valence electrons. The molecule has 1 amide bonds. The van der Waals surface area contributed by atoms with Crippen LogP contribution in [0.2, 0.25) is 0 Å². The number of nitriles is 1. The SMILES string of the molecule is Cc1noc(C)c1-c1ccc2nccc(C(=O)CCC(=O)N3CC(F)(F)C[C@]3(C#N)C3CC3)c2c1. The van der Waals surface area contributed by atoms with E-state index in [0.29, 0.717) is 35.1 Å². The van der Waals surface area contributed by atoms with Crippen LogP contribution in [-0.4, -0.2) is 44.7 Å². The summed E-state index contributed by atoms with van der Waals surface area (Å²) in [6.07, 6.45) is 1.81. The molecule has 2 aliphatic rings. The van der Waals surface area contributed by atoms with Gasteiger partial charge in [0.05, 0.1) is 30.2 Å². The third-order valence-corrected chi connectivity index (χ3v) is 7.08. The molecule has 1 saturated heterocycles. The highest BCUT2D eigenvalue weighted by atomic mass is 19.3. The Labute approximate surface area is 200 Å². The van der Waals surface area contributed by atoms with E-state index in [2.05, 4.69) is 10.1 Å². The molecule has 3 aromatic rings. The molecule has 5 rings (SSSR count). The summed E-state index contributed by atoms with van der Waals surface area (Å²) in [5.41, 5.74) is 1.94. The zero-order valence-electron chi connectivity index (χ0n) is 19.5. The highest BCUT2D eigenvalue weighted by molar-refractivity contribution is 6.08. The number of amides is 1. The van der Waals surface area contributed by atoms with Crippen LogP contribution in [0.4, 0.5) is 8.78 Å². The van der Waals surface area contributed by atoms with Crippen LogP contribution >= 0.6 is 0 Å². The number of fused-ring (bicyclic) bond motifs is 1. The smallest absolute Gasteiger partial charge is 0.268 e. The van der Waals surface area contributed by atoms with E-state index in [1.54, 1.807) is 6.07 Å². The van der Waals surface area contributed by atoms with Crippen LogP contribution < -0.4 is 0 Å². The summed E-state index contributed by atoms with van der Waals surface area (Å²) in [5.74, 6) is -3.55. The van der Waals surface area contributed by atoms with Crippen LogP contribution in [-0.2, 0) is 4.79 Å². The highest BCUT2D eigenvalue weighted by Crippen LogP contribution is 2.52. The number of pyridine rings is 1. The third kappa shape index (κ3) is 3.97. The number of Topliss-reactive ketones (excluding diaryl/α,β-unsaturated/α-hetero) is 1. The summed E-state index contributed by atoms with van der Waals surface area (Å²) < 4.78 is 33.8. The van der Waals surface area contributed by atoms with Gasteiger partial charge >= 0.3 is 0 Å². The van der Waals surface area contributed by atoms with E-state index in [4.69, 9.17) is 4.52 Å². The molecule has 0 N–H and O–H groups in total. The predicted molar refractivity (Wildman–Crippen MR) is 123 cm³/mol. The van der Waals surface area contributed by atoms with E-state index in [-0.39, 0.29) is 24.5 Å². The van der Waals surface area contributed by atoms with Crippen molar-refractivity contribution >= 4 is 22.6 Å². The summed E-state index contributed by atoms with van der Waals surface area (Å²) in [7, 11) is 0. The largest absolute Gasteiger partial charge is 0.361 e. The van der Waals surface area contributed by atoms with Gasteiger partial charge in [0, 0.05) is 35.6 Å². The summed E-state index contributed by atoms with van der Waals surface area (Å²) >= 11 is 0. The molecule has 0 bridgehead atoms. The lowest BCUT2D eigenvalue weighted by atomic mass is 9.90. The standard InChI is InChI=1S/C26H24F2N4O3/c1-15-24(16(2)35-31-15)17-3-6-21-20(11-17)19(9-10-30-21)22(33)7-8-23(34)32-14-26(27,28)12-25(32,13-29)18-4-5-18/h3,6,9-11,18H,4-5,7-8,12,14H2,1-2H3/t25-/m0/s1. The molecule has 1 atom stereocenters. The zero-order chi connectivity index (χ0) is 25.0. The van der Waals surface area contributed by atoms with Crippen molar-refractivity contribution in [2.75, 3.05) is 6.54 Å². The van der Waals surface area contributed by atoms with Crippen LogP contribution in [0, 0.1) is 31.1 Å². The van der Waals surface area contributed by atoms with Crippen molar-refractivity contribution in [1.82, 2.24) is 15.0 Å². The monoisotopic (exact) mass is 478 g/mol. The number of benzene rings is 1. The quantitative estimate of drug-likeness (QED) is 0.462. The first kappa shape index (κ1) is 23.1. The second-order valence-electron chi connectivity index (χ2n) is 9.54. The van der Waals surface area contributed by atoms with Crippen molar-refractivity contribution in [3.63, 3.8) is 0 Å². The van der Waals surface area contributed by atoms with Gasteiger partial charge in [-0.15, -0.1) is 0 Å². The van der Waals surface area contributed by atoms with Gasteiger partial charge in [0.1, 0.15) is 11.3 Å². The van der Waals surface area contributed by atoms with E-state index in [1.807, 2.05) is 38.1 Å². The van der Waals surface area contributed by atoms with Crippen LogP contribution in [0.25, 0.3) is 22.0 Å². The van der Waals surface area contributed by atoms with E-state index >= 15 is 0 Å². The van der Waals surface area contributed by atoms with Gasteiger partial charge in [-0.3, -0.25) is 14.6 Å². The molecule has 1 aromatic carbocycles. The Kier molecular flexibility index (Phi) is 5.42. The number of alkyl halides is 2. The van der Waals surface area contributed by atoms with E-state index in [9.17, 15) is 23.6 Å². The Morgan fingerprint density at radius 1 is 1.23 bits per heavy atom. The summed E-state index contributed by atoms with van der Waals surface area (Å²) in [6.45, 7) is 2.87. The fraction of sp³-hybridized carbons (Fsp3) is 0.423. The van der Waals surface area contributed by atoms with Gasteiger partial charge < -0.3 is 9.42 Å². The van der Waals surface area contributed by atoms with Gasteiger partial charge in [-0.1, -0.05) is 11.2 Å². The fourth-order valence-corrected chi connectivity index (χ4v) is 5.28. The summed E-state index contributed by atoms with van der Waals surface area (Å²) in [6, 6.07) is 9.15. The van der Waals surface area contributed by atoms with Gasteiger partial charge in [-0.2, -0.15) is 5.26 Å². The molecule has 2 aromatic heterocycles. The maximum Gasteiger partial charge on any atom is 0.268 e. The van der Waals surface area contributed by atoms with Crippen molar-refractivity contribution in [3.8, 4) is 17.2 Å². The topological polar surface area (TPSA) is 100 Å². The van der Waals surface area contributed by atoms with E-state index in [1.165, 1.54) is 6.20 Å². The molecule has 35 heavy (non-hydrogen) atoms. The lowest BCUT2D eigenvalue weighted by Crippen LogP contribution is -2.48. The minimum Gasteiger partial charge on any atom is -0.361 e. The summed E-state index contributed by atoms with van der Waals surface area (Å²) in [5, 5.41) is 14.3. The molecule has 3 heterocycles. The number of aromatic nitrogens is 2. The van der Waals surface area contributed by atoms with E-state index in [0.717, 1.165) is 21.7 Å². The number of halogens is 2. The van der Waals surface area contributed by atoms with Crippen LogP contribution in [0.3, 0.4) is 0 Å². The minimum atomic E-state index is -3.10. The van der Waals surface area contributed by atoms with Crippen molar-refractivity contribution < 1.29 is 22.9 Å². The molecule has 7 nitrogen and oxygen atoms in total. The van der Waals surface area contributed by atoms with Crippen LogP contribution in [0.1, 0.15) is 53.9 Å². The Hall–Kier alpha value is -3.67. The molecule has 0 radical (unpaired) electrons. The second kappa shape index (κ2) is 8.22. The number of rotatable bonds is 6. The minimum absolute atomic E-state index is 0.151. The van der Waals surface area contributed by atoms with Crippen LogP contribution in [0.5, 0.6) is 0 Å². The number of hydrogen-bond acceptors (Lipinski definition) is 6. The number of hydrogen-bond donors (Lipinski definition) is 0. The first-order valence-corrected chi connectivity index (χ1v) is 11.6. The van der Waals surface area contributed by atoms with E-state index < -0.39 is 30.3 Å². The maximum atomic E-state index is 14.2. The van der Waals surface area contributed by atoms with Gasteiger partial charge in [-0.05, 0) is 56.4 Å². The van der Waals surface area contributed by atoms with Gasteiger partial charge in [-0.25, -0.2) is 8.78 Å². The Morgan fingerprint density at radius 3 is 2.66 bits per heavy atom. The lowest BCUT2D eigenvalue weighted by molar-refractivity contribution is -0.135. The maximum absolute atomic E-state index is 14.2. The average Bonchev–Trinajstić information content (AvgIpc) is 3.58. The average molecular weight is 478 g/mol. The molecule has 1 aliphatic heterocycles. The zero-order valence-corrected chi connectivity index (χ0v) is 19.5. The molecule has 1 aliphatic carbocycles. The second-order valence-corrected chi connectivity index (χ2v) is 9.54. The molecule has 0 unspecified atom stereocenters. The van der Waals surface area contributed by atoms with Crippen LogP contribution in [0.15, 0.2) is 35.0 Å². The number of aryl methyl sites for hydroxylation is 2. The van der Waals surface area contributed by atoms with Crippen molar-refractivity contribution in [2.45, 2.75) is 57.4 Å². The van der Waals surface area contributed by atoms with Crippen molar-refractivity contribution in [3.05, 3.63) is 47.5 Å². The first-order chi connectivity index (χ1) is 16.6. The predicted octanol–water partition coefficient (Wildman–Crippen LogP) is 5.01. The Balaban J connectivity index is 1.39. The molecule has 2 fully saturated rings. The number of ketones is 1. The Morgan fingerprint density at radius 2 is 2.00 bits per heavy atom. The number of carbonyl (C=O) groups excluding carboxylic acids is 2. The van der Waals surface area contributed by atoms with Crippen molar-refractivity contribution in [1.29, 1.82) is 5.26 Å². The molecule has 1 saturated carbocycles. The van der Waals surface area contributed by atoms with Gasteiger partial charge in [0.25, 0.3) is 5.92 Å². The Bertz CT molecular complexity index is 1370. The number of carbonyl (C=O) groups is 2. The molecular formula is C26H24F2N4O3.